The number of carbonyl (C=O) groups is 1. The SMILES string of the molecule is COc1ccc(C(=O)[O-])cc1Nc1nc2ccc(C)cc2n2cnnc12. The van der Waals surface area contributed by atoms with Crippen LogP contribution < -0.4 is 15.2 Å². The van der Waals surface area contributed by atoms with Crippen molar-refractivity contribution in [2.75, 3.05) is 12.4 Å². The molecule has 8 nitrogen and oxygen atoms in total. The lowest BCUT2D eigenvalue weighted by Crippen LogP contribution is -2.22. The molecule has 0 saturated carbocycles. The standard InChI is InChI=1S/C18H15N5O3/c1-10-3-5-12-14(7-10)23-9-19-22-17(23)16(20-12)21-13-8-11(18(24)25)4-6-15(13)26-2/h3-9H,1-2H3,(H,20,21)(H,24,25)/p-1. The molecule has 1 N–H and O–H groups in total. The summed E-state index contributed by atoms with van der Waals surface area (Å²) < 4.78 is 7.13. The minimum atomic E-state index is -1.27. The van der Waals surface area contributed by atoms with Crippen LogP contribution in [0.2, 0.25) is 0 Å². The number of fused-ring (bicyclic) bond motifs is 3. The molecule has 130 valence electrons. The van der Waals surface area contributed by atoms with Gasteiger partial charge in [-0.2, -0.15) is 0 Å². The summed E-state index contributed by atoms with van der Waals surface area (Å²) in [4.78, 5) is 15.8. The molecule has 0 aliphatic rings. The van der Waals surface area contributed by atoms with Crippen LogP contribution in [-0.2, 0) is 0 Å². The van der Waals surface area contributed by atoms with Gasteiger partial charge in [0.2, 0.25) is 5.65 Å². The first-order chi connectivity index (χ1) is 12.6. The molecule has 8 heteroatoms. The van der Waals surface area contributed by atoms with Gasteiger partial charge in [0.25, 0.3) is 0 Å². The molecule has 0 aliphatic heterocycles. The van der Waals surface area contributed by atoms with E-state index < -0.39 is 5.97 Å². The van der Waals surface area contributed by atoms with Gasteiger partial charge in [0.1, 0.15) is 12.1 Å². The van der Waals surface area contributed by atoms with Gasteiger partial charge in [-0.15, -0.1) is 10.2 Å². The van der Waals surface area contributed by atoms with Crippen molar-refractivity contribution in [3.63, 3.8) is 0 Å². The average Bonchev–Trinajstić information content (AvgIpc) is 3.12. The molecule has 0 atom stereocenters. The van der Waals surface area contributed by atoms with Gasteiger partial charge in [-0.05, 0) is 48.4 Å². The van der Waals surface area contributed by atoms with Gasteiger partial charge in [0, 0.05) is 0 Å². The van der Waals surface area contributed by atoms with Crippen LogP contribution in [0.1, 0.15) is 15.9 Å². The minimum absolute atomic E-state index is 0.0298. The predicted octanol–water partition coefficient (Wildman–Crippen LogP) is 1.70. The summed E-state index contributed by atoms with van der Waals surface area (Å²) >= 11 is 0. The summed E-state index contributed by atoms with van der Waals surface area (Å²) in [6, 6.07) is 10.3. The van der Waals surface area contributed by atoms with Gasteiger partial charge < -0.3 is 20.0 Å². The molecule has 26 heavy (non-hydrogen) atoms. The fourth-order valence-electron chi connectivity index (χ4n) is 2.81. The number of hydrogen-bond acceptors (Lipinski definition) is 7. The van der Waals surface area contributed by atoms with Crippen LogP contribution in [-0.4, -0.2) is 32.7 Å². The molecular weight excluding hydrogens is 334 g/mol. The van der Waals surface area contributed by atoms with E-state index in [-0.39, 0.29) is 5.56 Å². The van der Waals surface area contributed by atoms with Crippen molar-refractivity contribution >= 4 is 34.2 Å². The highest BCUT2D eigenvalue weighted by molar-refractivity contribution is 5.90. The lowest BCUT2D eigenvalue weighted by atomic mass is 10.2. The van der Waals surface area contributed by atoms with Crippen molar-refractivity contribution in [1.82, 2.24) is 19.6 Å². The van der Waals surface area contributed by atoms with Crippen molar-refractivity contribution in [1.29, 1.82) is 0 Å². The number of hydrogen-bond donors (Lipinski definition) is 1. The monoisotopic (exact) mass is 348 g/mol. The molecular formula is C18H14N5O3-. The minimum Gasteiger partial charge on any atom is -0.545 e. The van der Waals surface area contributed by atoms with Crippen molar-refractivity contribution < 1.29 is 14.6 Å². The zero-order valence-corrected chi connectivity index (χ0v) is 14.1. The Morgan fingerprint density at radius 1 is 1.23 bits per heavy atom. The smallest absolute Gasteiger partial charge is 0.204 e. The average molecular weight is 348 g/mol. The van der Waals surface area contributed by atoms with Gasteiger partial charge in [-0.3, -0.25) is 4.40 Å². The number of aromatic nitrogens is 4. The third-order valence-corrected chi connectivity index (χ3v) is 4.07. The molecule has 4 aromatic rings. The van der Waals surface area contributed by atoms with Crippen molar-refractivity contribution in [2.45, 2.75) is 6.92 Å². The number of anilines is 2. The van der Waals surface area contributed by atoms with Crippen LogP contribution in [0.5, 0.6) is 5.75 Å². The van der Waals surface area contributed by atoms with Gasteiger partial charge in [-0.1, -0.05) is 6.07 Å². The maximum absolute atomic E-state index is 11.2. The molecule has 4 rings (SSSR count). The molecule has 0 bridgehead atoms. The molecule has 0 aliphatic carbocycles. The van der Waals surface area contributed by atoms with E-state index in [9.17, 15) is 9.90 Å². The van der Waals surface area contributed by atoms with E-state index in [1.54, 1.807) is 12.4 Å². The first kappa shape index (κ1) is 15.8. The van der Waals surface area contributed by atoms with Gasteiger partial charge in [0.15, 0.2) is 5.82 Å². The summed E-state index contributed by atoms with van der Waals surface area (Å²) in [5, 5.41) is 22.4. The Kier molecular flexibility index (Phi) is 3.65. The Balaban J connectivity index is 1.89. The highest BCUT2D eigenvalue weighted by Crippen LogP contribution is 2.30. The third kappa shape index (κ3) is 2.57. The van der Waals surface area contributed by atoms with Crippen molar-refractivity contribution in [3.8, 4) is 5.75 Å². The van der Waals surface area contributed by atoms with Gasteiger partial charge >= 0.3 is 0 Å². The van der Waals surface area contributed by atoms with E-state index in [0.29, 0.717) is 22.9 Å². The van der Waals surface area contributed by atoms with E-state index in [2.05, 4.69) is 20.5 Å². The Hall–Kier alpha value is -3.68. The fraction of sp³-hybridized carbons (Fsp3) is 0.111. The number of rotatable bonds is 4. The predicted molar refractivity (Wildman–Crippen MR) is 93.6 cm³/mol. The normalized spacial score (nSPS) is 11.0. The van der Waals surface area contributed by atoms with Crippen LogP contribution in [0.25, 0.3) is 16.7 Å². The molecule has 0 saturated heterocycles. The molecule has 2 heterocycles. The largest absolute Gasteiger partial charge is 0.545 e. The Labute approximate surface area is 148 Å². The second-order valence-electron chi connectivity index (χ2n) is 5.80. The topological polar surface area (TPSA) is 104 Å². The molecule has 0 radical (unpaired) electrons. The zero-order valence-electron chi connectivity index (χ0n) is 14.1. The van der Waals surface area contributed by atoms with Crippen LogP contribution in [0.15, 0.2) is 42.7 Å². The van der Waals surface area contributed by atoms with E-state index in [1.165, 1.54) is 19.2 Å². The lowest BCUT2D eigenvalue weighted by Gasteiger charge is -2.14. The van der Waals surface area contributed by atoms with Crippen LogP contribution in [0.4, 0.5) is 11.5 Å². The number of nitrogens with one attached hydrogen (secondary N) is 1. The second-order valence-corrected chi connectivity index (χ2v) is 5.80. The molecule has 0 spiro atoms. The van der Waals surface area contributed by atoms with Gasteiger partial charge in [-0.25, -0.2) is 4.98 Å². The van der Waals surface area contributed by atoms with E-state index in [4.69, 9.17) is 4.74 Å². The van der Waals surface area contributed by atoms with E-state index in [1.807, 2.05) is 29.5 Å². The zero-order chi connectivity index (χ0) is 18.3. The molecule has 0 fully saturated rings. The van der Waals surface area contributed by atoms with Crippen LogP contribution >= 0.6 is 0 Å². The summed E-state index contributed by atoms with van der Waals surface area (Å²) in [6.45, 7) is 2.00. The van der Waals surface area contributed by atoms with E-state index in [0.717, 1.165) is 16.6 Å². The lowest BCUT2D eigenvalue weighted by molar-refractivity contribution is -0.255. The molecule has 0 amide bonds. The molecule has 2 aromatic carbocycles. The number of aromatic carboxylic acids is 1. The summed E-state index contributed by atoms with van der Waals surface area (Å²) in [5.41, 5.74) is 3.72. The van der Waals surface area contributed by atoms with Crippen LogP contribution in [0.3, 0.4) is 0 Å². The number of carbonyl (C=O) groups excluding carboxylic acids is 1. The quantitative estimate of drug-likeness (QED) is 0.598. The summed E-state index contributed by atoms with van der Waals surface area (Å²) in [6.07, 6.45) is 1.61. The Morgan fingerprint density at radius 3 is 2.85 bits per heavy atom. The second kappa shape index (κ2) is 5.99. The summed E-state index contributed by atoms with van der Waals surface area (Å²) in [5.74, 6) is -0.364. The number of ether oxygens (including phenoxy) is 1. The first-order valence-corrected chi connectivity index (χ1v) is 7.83. The van der Waals surface area contributed by atoms with Crippen LogP contribution in [0, 0.1) is 6.92 Å². The Bertz CT molecular complexity index is 1150. The fourth-order valence-corrected chi connectivity index (χ4v) is 2.81. The number of carboxylic acids is 1. The third-order valence-electron chi connectivity index (χ3n) is 4.07. The number of methoxy groups -OCH3 is 1. The summed E-state index contributed by atoms with van der Waals surface area (Å²) in [7, 11) is 1.50. The molecule has 2 aromatic heterocycles. The molecule has 0 unspecified atom stereocenters. The Morgan fingerprint density at radius 2 is 2.08 bits per heavy atom. The van der Waals surface area contributed by atoms with E-state index >= 15 is 0 Å². The number of benzene rings is 2. The highest BCUT2D eigenvalue weighted by atomic mass is 16.5. The highest BCUT2D eigenvalue weighted by Gasteiger charge is 2.13. The maximum Gasteiger partial charge on any atom is 0.204 e. The van der Waals surface area contributed by atoms with Crippen molar-refractivity contribution in [3.05, 3.63) is 53.9 Å². The first-order valence-electron chi connectivity index (χ1n) is 7.83. The number of aryl methyl sites for hydroxylation is 1. The number of carboxylic acid groups (broad SMARTS) is 1. The number of nitrogens with zero attached hydrogens (tertiary/aromatic N) is 4. The van der Waals surface area contributed by atoms with Crippen molar-refractivity contribution in [2.24, 2.45) is 0 Å². The maximum atomic E-state index is 11.2. The van der Waals surface area contributed by atoms with Gasteiger partial charge in [0.05, 0.1) is 29.8 Å².